The number of carbonyl (C=O) groups is 1. The molecule has 70 valence electrons. The second-order valence-electron chi connectivity index (χ2n) is 3.55. The summed E-state index contributed by atoms with van der Waals surface area (Å²) < 4.78 is 0. The predicted molar refractivity (Wildman–Crippen MR) is 53.1 cm³/mol. The topological polar surface area (TPSA) is 17.1 Å². The molecule has 0 bridgehead atoms. The lowest BCUT2D eigenvalue weighted by molar-refractivity contribution is -0.120. The highest BCUT2D eigenvalue weighted by molar-refractivity contribution is 5.78. The minimum atomic E-state index is 0.193. The molecule has 0 aliphatic carbocycles. The first-order valence-electron chi connectivity index (χ1n) is 4.74. The molecule has 1 nitrogen and oxygen atoms in total. The van der Waals surface area contributed by atoms with E-state index in [1.54, 1.807) is 6.92 Å². The van der Waals surface area contributed by atoms with E-state index in [1.807, 2.05) is 6.92 Å². The highest BCUT2D eigenvalue weighted by Crippen LogP contribution is 2.12. The second kappa shape index (κ2) is 5.99. The highest BCUT2D eigenvalue weighted by Gasteiger charge is 2.06. The van der Waals surface area contributed by atoms with Crippen LogP contribution in [0.25, 0.3) is 0 Å². The Morgan fingerprint density at radius 1 is 1.42 bits per heavy atom. The molecule has 0 amide bonds. The summed E-state index contributed by atoms with van der Waals surface area (Å²) in [6, 6.07) is 0. The van der Waals surface area contributed by atoms with Crippen molar-refractivity contribution in [2.24, 2.45) is 5.92 Å². The molecule has 0 aromatic rings. The van der Waals surface area contributed by atoms with Gasteiger partial charge in [-0.25, -0.2) is 0 Å². The molecule has 0 aromatic heterocycles. The van der Waals surface area contributed by atoms with Gasteiger partial charge in [-0.15, -0.1) is 0 Å². The number of hydrogen-bond donors (Lipinski definition) is 0. The predicted octanol–water partition coefficient (Wildman–Crippen LogP) is 3.35. The van der Waals surface area contributed by atoms with Crippen LogP contribution in [0.5, 0.6) is 0 Å². The molecule has 0 aromatic carbocycles. The van der Waals surface area contributed by atoms with E-state index in [1.165, 1.54) is 12.0 Å². The maximum absolute atomic E-state index is 10.9. The van der Waals surface area contributed by atoms with Crippen molar-refractivity contribution in [1.82, 2.24) is 0 Å². The smallest absolute Gasteiger partial charge is 0.132 e. The monoisotopic (exact) mass is 168 g/mol. The van der Waals surface area contributed by atoms with Crippen LogP contribution in [0.4, 0.5) is 0 Å². The zero-order chi connectivity index (χ0) is 9.56. The van der Waals surface area contributed by atoms with Gasteiger partial charge in [0.05, 0.1) is 0 Å². The Kier molecular flexibility index (Phi) is 5.69. The molecule has 0 rings (SSSR count). The number of ketones is 1. The first kappa shape index (κ1) is 11.4. The van der Waals surface area contributed by atoms with Gasteiger partial charge in [-0.1, -0.05) is 31.9 Å². The third-order valence-corrected chi connectivity index (χ3v) is 2.10. The van der Waals surface area contributed by atoms with Crippen molar-refractivity contribution in [3.63, 3.8) is 0 Å². The average Bonchev–Trinajstić information content (AvgIpc) is 2.00. The largest absolute Gasteiger partial charge is 0.300 e. The molecule has 0 aliphatic heterocycles. The molecular formula is C11H20O. The van der Waals surface area contributed by atoms with Crippen molar-refractivity contribution in [1.29, 1.82) is 0 Å². The van der Waals surface area contributed by atoms with Gasteiger partial charge in [-0.2, -0.15) is 0 Å². The van der Waals surface area contributed by atoms with E-state index in [0.29, 0.717) is 5.78 Å². The maximum atomic E-state index is 10.9. The van der Waals surface area contributed by atoms with Gasteiger partial charge < -0.3 is 0 Å². The molecule has 12 heavy (non-hydrogen) atoms. The fourth-order valence-electron chi connectivity index (χ4n) is 1.10. The molecule has 0 N–H and O–H groups in total. The lowest BCUT2D eigenvalue weighted by atomic mass is 9.98. The Bertz CT molecular complexity index is 168. The van der Waals surface area contributed by atoms with Crippen LogP contribution in [-0.2, 0) is 4.79 Å². The normalized spacial score (nSPS) is 14.5. The van der Waals surface area contributed by atoms with Gasteiger partial charge in [-0.3, -0.25) is 4.79 Å². The van der Waals surface area contributed by atoms with E-state index < -0.39 is 0 Å². The molecule has 0 aliphatic rings. The van der Waals surface area contributed by atoms with Crippen LogP contribution in [0.1, 0.15) is 47.0 Å². The van der Waals surface area contributed by atoms with Crippen LogP contribution in [0.2, 0.25) is 0 Å². The molecule has 0 heterocycles. The van der Waals surface area contributed by atoms with Crippen LogP contribution in [0, 0.1) is 5.92 Å². The molecular weight excluding hydrogens is 148 g/mol. The summed E-state index contributed by atoms with van der Waals surface area (Å²) in [6.45, 7) is 7.93. The Labute approximate surface area is 75.9 Å². The minimum Gasteiger partial charge on any atom is -0.300 e. The lowest BCUT2D eigenvalue weighted by Gasteiger charge is -2.06. The second-order valence-corrected chi connectivity index (χ2v) is 3.55. The third kappa shape index (κ3) is 5.11. The van der Waals surface area contributed by atoms with Gasteiger partial charge in [0, 0.05) is 5.92 Å². The van der Waals surface area contributed by atoms with Gasteiger partial charge in [0.2, 0.25) is 0 Å². The molecule has 0 radical (unpaired) electrons. The van der Waals surface area contributed by atoms with Crippen molar-refractivity contribution in [3.8, 4) is 0 Å². The maximum Gasteiger partial charge on any atom is 0.132 e. The number of hydrogen-bond acceptors (Lipinski definition) is 1. The number of unbranched alkanes of at least 4 members (excludes halogenated alkanes) is 1. The van der Waals surface area contributed by atoms with Crippen LogP contribution < -0.4 is 0 Å². The van der Waals surface area contributed by atoms with Crippen LogP contribution in [0.15, 0.2) is 11.6 Å². The Balaban J connectivity index is 3.82. The van der Waals surface area contributed by atoms with Crippen molar-refractivity contribution in [3.05, 3.63) is 11.6 Å². The molecule has 0 saturated heterocycles. The summed E-state index contributed by atoms with van der Waals surface area (Å²) in [5.41, 5.74) is 1.35. The van der Waals surface area contributed by atoms with E-state index in [0.717, 1.165) is 12.8 Å². The number of allylic oxidation sites excluding steroid dienone is 2. The molecule has 1 atom stereocenters. The number of Topliss-reactive ketones (excluding diaryl/α,β-unsaturated/α-hetero) is 1. The van der Waals surface area contributed by atoms with Crippen molar-refractivity contribution >= 4 is 5.78 Å². The Hall–Kier alpha value is -0.590. The van der Waals surface area contributed by atoms with E-state index in [-0.39, 0.29) is 5.92 Å². The molecule has 0 saturated carbocycles. The molecule has 1 heteroatoms. The quantitative estimate of drug-likeness (QED) is 0.575. The first-order valence-corrected chi connectivity index (χ1v) is 4.74. The Morgan fingerprint density at radius 2 is 2.00 bits per heavy atom. The lowest BCUT2D eigenvalue weighted by Crippen LogP contribution is -2.06. The van der Waals surface area contributed by atoms with E-state index in [4.69, 9.17) is 0 Å². The third-order valence-electron chi connectivity index (χ3n) is 2.10. The van der Waals surface area contributed by atoms with Gasteiger partial charge in [0.1, 0.15) is 5.78 Å². The SMILES string of the molecule is CCCC=C(C)CC(C)C(C)=O. The highest BCUT2D eigenvalue weighted by atomic mass is 16.1. The van der Waals surface area contributed by atoms with Crippen molar-refractivity contribution in [2.45, 2.75) is 47.0 Å². The standard InChI is InChI=1S/C11H20O/c1-5-6-7-9(2)8-10(3)11(4)12/h7,10H,5-6,8H2,1-4H3. The fraction of sp³-hybridized carbons (Fsp3) is 0.727. The molecule has 0 fully saturated rings. The van der Waals surface area contributed by atoms with E-state index in [2.05, 4.69) is 19.9 Å². The van der Waals surface area contributed by atoms with Gasteiger partial charge in [-0.05, 0) is 26.7 Å². The summed E-state index contributed by atoms with van der Waals surface area (Å²) in [7, 11) is 0. The van der Waals surface area contributed by atoms with Crippen molar-refractivity contribution < 1.29 is 4.79 Å². The summed E-state index contributed by atoms with van der Waals surface area (Å²) in [5.74, 6) is 0.484. The molecule has 1 unspecified atom stereocenters. The molecule has 0 spiro atoms. The fourth-order valence-corrected chi connectivity index (χ4v) is 1.10. The summed E-state index contributed by atoms with van der Waals surface area (Å²) >= 11 is 0. The Morgan fingerprint density at radius 3 is 2.42 bits per heavy atom. The van der Waals surface area contributed by atoms with Gasteiger partial charge >= 0.3 is 0 Å². The summed E-state index contributed by atoms with van der Waals surface area (Å²) in [4.78, 5) is 10.9. The summed E-state index contributed by atoms with van der Waals surface area (Å²) in [5, 5.41) is 0. The zero-order valence-electron chi connectivity index (χ0n) is 8.68. The van der Waals surface area contributed by atoms with E-state index >= 15 is 0 Å². The number of rotatable bonds is 5. The minimum absolute atomic E-state index is 0.193. The van der Waals surface area contributed by atoms with Crippen LogP contribution in [-0.4, -0.2) is 5.78 Å². The van der Waals surface area contributed by atoms with Gasteiger partial charge in [0.15, 0.2) is 0 Å². The first-order chi connectivity index (χ1) is 5.57. The van der Waals surface area contributed by atoms with Crippen LogP contribution in [0.3, 0.4) is 0 Å². The number of carbonyl (C=O) groups excluding carboxylic acids is 1. The van der Waals surface area contributed by atoms with E-state index in [9.17, 15) is 4.79 Å². The van der Waals surface area contributed by atoms with Crippen molar-refractivity contribution in [2.75, 3.05) is 0 Å². The zero-order valence-corrected chi connectivity index (χ0v) is 8.68. The van der Waals surface area contributed by atoms with Gasteiger partial charge in [0.25, 0.3) is 0 Å². The average molecular weight is 168 g/mol. The summed E-state index contributed by atoms with van der Waals surface area (Å²) in [6.07, 6.45) is 5.48. The van der Waals surface area contributed by atoms with Crippen LogP contribution >= 0.6 is 0 Å².